The van der Waals surface area contributed by atoms with Crippen LogP contribution in [0.15, 0.2) is 24.3 Å². The van der Waals surface area contributed by atoms with Crippen molar-refractivity contribution in [3.05, 3.63) is 29.8 Å². The third-order valence-corrected chi connectivity index (χ3v) is 2.49. The summed E-state index contributed by atoms with van der Waals surface area (Å²) in [6.45, 7) is 0.545. The van der Waals surface area contributed by atoms with Crippen LogP contribution < -0.4 is 16.4 Å². The minimum atomic E-state index is -0.314. The molecule has 0 saturated heterocycles. The molecule has 1 rings (SSSR count). The molecule has 5 N–H and O–H groups in total. The third-order valence-electron chi connectivity index (χ3n) is 2.49. The molecular weight excluding hydrogens is 246 g/mol. The number of rotatable bonds is 7. The number of hydrogen-bond acceptors (Lipinski definition) is 4. The van der Waals surface area contributed by atoms with Gasteiger partial charge in [-0.1, -0.05) is 0 Å². The smallest absolute Gasteiger partial charge is 0.251 e. The van der Waals surface area contributed by atoms with Gasteiger partial charge in [0, 0.05) is 24.4 Å². The second kappa shape index (κ2) is 8.10. The van der Waals surface area contributed by atoms with Crippen molar-refractivity contribution >= 4 is 17.5 Å². The number of nitrogens with one attached hydrogen (secondary N) is 2. The van der Waals surface area contributed by atoms with E-state index in [0.29, 0.717) is 30.6 Å². The number of nitrogen functional groups attached to an aromatic ring is 1. The molecule has 0 fully saturated rings. The molecule has 0 atom stereocenters. The van der Waals surface area contributed by atoms with Gasteiger partial charge in [0.1, 0.15) is 0 Å². The van der Waals surface area contributed by atoms with Gasteiger partial charge in [-0.15, -0.1) is 0 Å². The molecule has 0 heterocycles. The van der Waals surface area contributed by atoms with Crippen LogP contribution in [0.4, 0.5) is 5.69 Å². The van der Waals surface area contributed by atoms with Crippen LogP contribution in [0.2, 0.25) is 0 Å². The van der Waals surface area contributed by atoms with Crippen molar-refractivity contribution in [3.8, 4) is 0 Å². The van der Waals surface area contributed by atoms with Crippen molar-refractivity contribution in [1.29, 1.82) is 0 Å². The molecule has 0 aliphatic rings. The summed E-state index contributed by atoms with van der Waals surface area (Å²) < 4.78 is 0. The van der Waals surface area contributed by atoms with Crippen molar-refractivity contribution in [2.45, 2.75) is 12.8 Å². The number of benzene rings is 1. The summed E-state index contributed by atoms with van der Waals surface area (Å²) in [6, 6.07) is 6.46. The largest absolute Gasteiger partial charge is 0.399 e. The number of carbonyl (C=O) groups excluding carboxylic acids is 2. The summed E-state index contributed by atoms with van der Waals surface area (Å²) in [4.78, 5) is 23.1. The minimum absolute atomic E-state index is 0.0671. The van der Waals surface area contributed by atoms with Gasteiger partial charge in [0.2, 0.25) is 5.91 Å². The van der Waals surface area contributed by atoms with Crippen molar-refractivity contribution in [1.82, 2.24) is 10.6 Å². The van der Waals surface area contributed by atoms with Crippen LogP contribution in [0.5, 0.6) is 0 Å². The summed E-state index contributed by atoms with van der Waals surface area (Å²) in [7, 11) is 0. The average Bonchev–Trinajstić information content (AvgIpc) is 2.42. The Hall–Kier alpha value is -2.08. The quantitative estimate of drug-likeness (QED) is 0.408. The first-order valence-electron chi connectivity index (χ1n) is 6.15. The molecule has 1 aromatic rings. The van der Waals surface area contributed by atoms with E-state index in [-0.39, 0.29) is 25.0 Å². The Morgan fingerprint density at radius 1 is 1.11 bits per heavy atom. The van der Waals surface area contributed by atoms with Crippen molar-refractivity contribution < 1.29 is 14.7 Å². The highest BCUT2D eigenvalue weighted by Gasteiger charge is 2.07. The standard InChI is InChI=1S/C13H19N3O3/c14-11-5-3-10(4-6-11)13(19)16-9-12(18)15-7-1-2-8-17/h3-6,17H,1-2,7-9,14H2,(H,15,18)(H,16,19). The lowest BCUT2D eigenvalue weighted by Crippen LogP contribution is -2.37. The molecule has 0 aromatic heterocycles. The number of aliphatic hydroxyl groups is 1. The van der Waals surface area contributed by atoms with E-state index >= 15 is 0 Å². The normalized spacial score (nSPS) is 9.95. The summed E-state index contributed by atoms with van der Waals surface area (Å²) in [6.07, 6.45) is 1.37. The summed E-state index contributed by atoms with van der Waals surface area (Å²) >= 11 is 0. The zero-order valence-electron chi connectivity index (χ0n) is 10.7. The number of nitrogens with two attached hydrogens (primary N) is 1. The second-order valence-corrected chi connectivity index (χ2v) is 4.09. The van der Waals surface area contributed by atoms with Crippen LogP contribution in [0.25, 0.3) is 0 Å². The molecule has 6 heteroatoms. The highest BCUT2D eigenvalue weighted by atomic mass is 16.3. The predicted octanol–water partition coefficient (Wildman–Crippen LogP) is -0.113. The van der Waals surface area contributed by atoms with Gasteiger partial charge in [-0.05, 0) is 37.1 Å². The SMILES string of the molecule is Nc1ccc(C(=O)NCC(=O)NCCCCO)cc1. The fourth-order valence-electron chi connectivity index (χ4n) is 1.42. The number of carbonyl (C=O) groups is 2. The Balaban J connectivity index is 2.26. The second-order valence-electron chi connectivity index (χ2n) is 4.09. The van der Waals surface area contributed by atoms with E-state index in [9.17, 15) is 9.59 Å². The van der Waals surface area contributed by atoms with Crippen molar-refractivity contribution in [2.75, 3.05) is 25.4 Å². The van der Waals surface area contributed by atoms with Gasteiger partial charge in [-0.25, -0.2) is 0 Å². The Morgan fingerprint density at radius 3 is 2.42 bits per heavy atom. The number of unbranched alkanes of at least 4 members (excludes halogenated alkanes) is 1. The zero-order valence-corrected chi connectivity index (χ0v) is 10.7. The van der Waals surface area contributed by atoms with Gasteiger partial charge in [-0.3, -0.25) is 9.59 Å². The fourth-order valence-corrected chi connectivity index (χ4v) is 1.42. The lowest BCUT2D eigenvalue weighted by atomic mass is 10.2. The molecule has 104 valence electrons. The molecule has 0 bridgehead atoms. The van der Waals surface area contributed by atoms with E-state index in [0.717, 1.165) is 0 Å². The summed E-state index contributed by atoms with van der Waals surface area (Å²) in [5.41, 5.74) is 6.56. The minimum Gasteiger partial charge on any atom is -0.399 e. The van der Waals surface area contributed by atoms with Crippen LogP contribution in [0.3, 0.4) is 0 Å². The number of anilines is 1. The average molecular weight is 265 g/mol. The van der Waals surface area contributed by atoms with Gasteiger partial charge in [0.15, 0.2) is 0 Å². The first-order valence-corrected chi connectivity index (χ1v) is 6.15. The van der Waals surface area contributed by atoms with Crippen LogP contribution in [0, 0.1) is 0 Å². The molecular formula is C13H19N3O3. The van der Waals surface area contributed by atoms with Crippen LogP contribution in [-0.4, -0.2) is 36.6 Å². The van der Waals surface area contributed by atoms with Gasteiger partial charge in [0.05, 0.1) is 6.54 Å². The monoisotopic (exact) mass is 265 g/mol. The maximum atomic E-state index is 11.7. The summed E-state index contributed by atoms with van der Waals surface area (Å²) in [5, 5.41) is 13.7. The molecule has 1 aromatic carbocycles. The van der Waals surface area contributed by atoms with Gasteiger partial charge in [0.25, 0.3) is 5.91 Å². The predicted molar refractivity (Wildman–Crippen MR) is 72.5 cm³/mol. The molecule has 0 radical (unpaired) electrons. The van der Waals surface area contributed by atoms with E-state index in [1.807, 2.05) is 0 Å². The van der Waals surface area contributed by atoms with E-state index in [1.54, 1.807) is 24.3 Å². The van der Waals surface area contributed by atoms with Crippen LogP contribution >= 0.6 is 0 Å². The van der Waals surface area contributed by atoms with E-state index in [2.05, 4.69) is 10.6 Å². The topological polar surface area (TPSA) is 104 Å². The Labute approximate surface area is 112 Å². The highest BCUT2D eigenvalue weighted by molar-refractivity contribution is 5.96. The molecule has 6 nitrogen and oxygen atoms in total. The van der Waals surface area contributed by atoms with Crippen molar-refractivity contribution in [2.24, 2.45) is 0 Å². The lowest BCUT2D eigenvalue weighted by Gasteiger charge is -2.06. The number of hydrogen-bond donors (Lipinski definition) is 4. The number of aliphatic hydroxyl groups excluding tert-OH is 1. The van der Waals surface area contributed by atoms with Crippen LogP contribution in [0.1, 0.15) is 23.2 Å². The zero-order chi connectivity index (χ0) is 14.1. The maximum Gasteiger partial charge on any atom is 0.251 e. The molecule has 0 saturated carbocycles. The van der Waals surface area contributed by atoms with Gasteiger partial charge >= 0.3 is 0 Å². The lowest BCUT2D eigenvalue weighted by molar-refractivity contribution is -0.120. The molecule has 0 unspecified atom stereocenters. The number of amides is 2. The first kappa shape index (κ1) is 15.0. The molecule has 0 aliphatic heterocycles. The maximum absolute atomic E-state index is 11.7. The molecule has 0 aliphatic carbocycles. The van der Waals surface area contributed by atoms with E-state index in [1.165, 1.54) is 0 Å². The van der Waals surface area contributed by atoms with Crippen molar-refractivity contribution in [3.63, 3.8) is 0 Å². The Morgan fingerprint density at radius 2 is 1.79 bits per heavy atom. The van der Waals surface area contributed by atoms with Crippen LogP contribution in [-0.2, 0) is 4.79 Å². The molecule has 2 amide bonds. The highest BCUT2D eigenvalue weighted by Crippen LogP contribution is 2.04. The summed E-state index contributed by atoms with van der Waals surface area (Å²) in [5.74, 6) is -0.563. The first-order chi connectivity index (χ1) is 9.13. The van der Waals surface area contributed by atoms with Gasteiger partial charge < -0.3 is 21.5 Å². The third kappa shape index (κ3) is 5.87. The van der Waals surface area contributed by atoms with Gasteiger partial charge in [-0.2, -0.15) is 0 Å². The molecule has 0 spiro atoms. The fraction of sp³-hybridized carbons (Fsp3) is 0.385. The Bertz CT molecular complexity index is 418. The molecule has 19 heavy (non-hydrogen) atoms. The Kier molecular flexibility index (Phi) is 6.38. The van der Waals surface area contributed by atoms with E-state index in [4.69, 9.17) is 10.8 Å². The van der Waals surface area contributed by atoms with E-state index < -0.39 is 0 Å².